The van der Waals surface area contributed by atoms with Crippen LogP contribution in [0.3, 0.4) is 0 Å². The summed E-state index contributed by atoms with van der Waals surface area (Å²) >= 11 is 5.72. The van der Waals surface area contributed by atoms with Crippen molar-refractivity contribution in [1.82, 2.24) is 0 Å². The molecule has 3 N–H and O–H groups in total. The van der Waals surface area contributed by atoms with Crippen LogP contribution in [0.1, 0.15) is 12.0 Å². The Morgan fingerprint density at radius 3 is 2.50 bits per heavy atom. The zero-order chi connectivity index (χ0) is 12.2. The van der Waals surface area contributed by atoms with Gasteiger partial charge in [-0.2, -0.15) is 13.2 Å². The second-order valence-corrected chi connectivity index (χ2v) is 3.67. The van der Waals surface area contributed by atoms with Crippen LogP contribution in [0, 0.1) is 0 Å². The van der Waals surface area contributed by atoms with E-state index in [9.17, 15) is 13.2 Å². The highest BCUT2D eigenvalue weighted by Gasteiger charge is 2.30. The molecule has 0 spiro atoms. The van der Waals surface area contributed by atoms with Crippen molar-refractivity contribution in [3.8, 4) is 0 Å². The minimum Gasteiger partial charge on any atom is -0.384 e. The summed E-state index contributed by atoms with van der Waals surface area (Å²) in [5.41, 5.74) is 5.03. The SMILES string of the molecule is NCCCNc1ccc(C(F)(F)F)cc1Cl. The number of rotatable bonds is 4. The van der Waals surface area contributed by atoms with Gasteiger partial charge in [0, 0.05) is 6.54 Å². The first kappa shape index (κ1) is 13.1. The normalized spacial score (nSPS) is 11.6. The van der Waals surface area contributed by atoms with Crippen molar-refractivity contribution in [1.29, 1.82) is 0 Å². The van der Waals surface area contributed by atoms with Crippen LogP contribution in [0.5, 0.6) is 0 Å². The van der Waals surface area contributed by atoms with Crippen molar-refractivity contribution < 1.29 is 13.2 Å². The number of hydrogen-bond acceptors (Lipinski definition) is 2. The molecule has 0 saturated heterocycles. The van der Waals surface area contributed by atoms with Crippen LogP contribution >= 0.6 is 11.6 Å². The zero-order valence-electron chi connectivity index (χ0n) is 8.44. The van der Waals surface area contributed by atoms with E-state index in [2.05, 4.69) is 5.32 Å². The van der Waals surface area contributed by atoms with Crippen LogP contribution in [-0.4, -0.2) is 13.1 Å². The number of benzene rings is 1. The molecule has 90 valence electrons. The molecular formula is C10H12ClF3N2. The number of anilines is 1. The fraction of sp³-hybridized carbons (Fsp3) is 0.400. The van der Waals surface area contributed by atoms with Crippen LogP contribution in [0.15, 0.2) is 18.2 Å². The van der Waals surface area contributed by atoms with Crippen LogP contribution in [0.2, 0.25) is 5.02 Å². The first-order valence-electron chi connectivity index (χ1n) is 4.76. The molecule has 0 heterocycles. The zero-order valence-corrected chi connectivity index (χ0v) is 9.20. The highest BCUT2D eigenvalue weighted by molar-refractivity contribution is 6.33. The molecule has 0 amide bonds. The maximum absolute atomic E-state index is 12.3. The highest BCUT2D eigenvalue weighted by atomic mass is 35.5. The van der Waals surface area contributed by atoms with Gasteiger partial charge in [-0.3, -0.25) is 0 Å². The monoisotopic (exact) mass is 252 g/mol. The standard InChI is InChI=1S/C10H12ClF3N2/c11-8-6-7(10(12,13)14)2-3-9(8)16-5-1-4-15/h2-3,6,16H,1,4-5,15H2. The lowest BCUT2D eigenvalue weighted by Gasteiger charge is -2.11. The summed E-state index contributed by atoms with van der Waals surface area (Å²) in [5, 5.41) is 2.98. The lowest BCUT2D eigenvalue weighted by Crippen LogP contribution is -2.09. The molecule has 0 radical (unpaired) electrons. The van der Waals surface area contributed by atoms with Crippen LogP contribution in [0.25, 0.3) is 0 Å². The van der Waals surface area contributed by atoms with Gasteiger partial charge < -0.3 is 11.1 Å². The van der Waals surface area contributed by atoms with E-state index in [-0.39, 0.29) is 5.02 Å². The number of nitrogens with one attached hydrogen (secondary N) is 1. The molecule has 0 aromatic heterocycles. The Labute approximate surface area is 96.6 Å². The molecule has 1 aromatic rings. The number of halogens is 4. The number of alkyl halides is 3. The van der Waals surface area contributed by atoms with Crippen LogP contribution in [0.4, 0.5) is 18.9 Å². The predicted molar refractivity (Wildman–Crippen MR) is 58.6 cm³/mol. The minimum atomic E-state index is -4.36. The Morgan fingerprint density at radius 2 is 2.00 bits per heavy atom. The maximum atomic E-state index is 12.3. The van der Waals surface area contributed by atoms with E-state index in [1.807, 2.05) is 0 Å². The third kappa shape index (κ3) is 3.57. The first-order valence-corrected chi connectivity index (χ1v) is 5.13. The fourth-order valence-corrected chi connectivity index (χ4v) is 1.41. The van der Waals surface area contributed by atoms with E-state index in [1.54, 1.807) is 0 Å². The van der Waals surface area contributed by atoms with E-state index < -0.39 is 11.7 Å². The Morgan fingerprint density at radius 1 is 1.31 bits per heavy atom. The van der Waals surface area contributed by atoms with Gasteiger partial charge >= 0.3 is 6.18 Å². The smallest absolute Gasteiger partial charge is 0.384 e. The van der Waals surface area contributed by atoms with Crippen LogP contribution in [-0.2, 0) is 6.18 Å². The van der Waals surface area contributed by atoms with Gasteiger partial charge in [0.2, 0.25) is 0 Å². The molecule has 0 atom stereocenters. The topological polar surface area (TPSA) is 38.0 Å². The van der Waals surface area contributed by atoms with Crippen molar-refractivity contribution in [3.05, 3.63) is 28.8 Å². The van der Waals surface area contributed by atoms with E-state index >= 15 is 0 Å². The van der Waals surface area contributed by atoms with Crippen molar-refractivity contribution >= 4 is 17.3 Å². The molecule has 0 unspecified atom stereocenters. The Hall–Kier alpha value is -0.940. The second-order valence-electron chi connectivity index (χ2n) is 3.26. The molecule has 1 aromatic carbocycles. The van der Waals surface area contributed by atoms with Gasteiger partial charge in [0.1, 0.15) is 0 Å². The molecule has 0 fully saturated rings. The fourth-order valence-electron chi connectivity index (χ4n) is 1.16. The lowest BCUT2D eigenvalue weighted by molar-refractivity contribution is -0.137. The quantitative estimate of drug-likeness (QED) is 0.808. The third-order valence-corrected chi connectivity index (χ3v) is 2.31. The third-order valence-electron chi connectivity index (χ3n) is 1.99. The first-order chi connectivity index (χ1) is 7.45. The van der Waals surface area contributed by atoms with Crippen LogP contribution < -0.4 is 11.1 Å². The minimum absolute atomic E-state index is 0.0619. The number of hydrogen-bond donors (Lipinski definition) is 2. The van der Waals surface area contributed by atoms with Crippen molar-refractivity contribution in [2.45, 2.75) is 12.6 Å². The summed E-state index contributed by atoms with van der Waals surface area (Å²) < 4.78 is 36.9. The van der Waals surface area contributed by atoms with Crippen molar-refractivity contribution in [2.75, 3.05) is 18.4 Å². The summed E-state index contributed by atoms with van der Waals surface area (Å²) in [6.45, 7) is 1.10. The van der Waals surface area contributed by atoms with Gasteiger partial charge in [0.25, 0.3) is 0 Å². The molecule has 2 nitrogen and oxygen atoms in total. The van der Waals surface area contributed by atoms with Gasteiger partial charge in [-0.15, -0.1) is 0 Å². The van der Waals surface area contributed by atoms with Gasteiger partial charge in [0.05, 0.1) is 16.3 Å². The van der Waals surface area contributed by atoms with Gasteiger partial charge in [0.15, 0.2) is 0 Å². The van der Waals surface area contributed by atoms with E-state index in [0.717, 1.165) is 18.6 Å². The summed E-state index contributed by atoms with van der Waals surface area (Å²) in [4.78, 5) is 0. The molecule has 1 rings (SSSR count). The molecule has 6 heteroatoms. The maximum Gasteiger partial charge on any atom is 0.416 e. The summed E-state index contributed by atoms with van der Waals surface area (Å²) in [5.74, 6) is 0. The average Bonchev–Trinajstić information content (AvgIpc) is 2.19. The van der Waals surface area contributed by atoms with E-state index in [0.29, 0.717) is 18.8 Å². The van der Waals surface area contributed by atoms with Gasteiger partial charge in [-0.25, -0.2) is 0 Å². The summed E-state index contributed by atoms with van der Waals surface area (Å²) in [6, 6.07) is 3.23. The van der Waals surface area contributed by atoms with Gasteiger partial charge in [-0.05, 0) is 31.2 Å². The highest BCUT2D eigenvalue weighted by Crippen LogP contribution is 2.33. The van der Waals surface area contributed by atoms with Crippen molar-refractivity contribution in [3.63, 3.8) is 0 Å². The van der Waals surface area contributed by atoms with E-state index in [4.69, 9.17) is 17.3 Å². The molecule has 0 bridgehead atoms. The second kappa shape index (κ2) is 5.41. The molecule has 0 saturated carbocycles. The van der Waals surface area contributed by atoms with Gasteiger partial charge in [-0.1, -0.05) is 11.6 Å². The lowest BCUT2D eigenvalue weighted by atomic mass is 10.2. The number of nitrogens with two attached hydrogens (primary N) is 1. The Balaban J connectivity index is 2.76. The molecular weight excluding hydrogens is 241 g/mol. The molecule has 0 aliphatic rings. The summed E-state index contributed by atoms with van der Waals surface area (Å²) in [7, 11) is 0. The predicted octanol–water partition coefficient (Wildman–Crippen LogP) is 3.12. The van der Waals surface area contributed by atoms with E-state index in [1.165, 1.54) is 6.07 Å². The summed E-state index contributed by atoms with van der Waals surface area (Å²) in [6.07, 6.45) is -3.63. The largest absolute Gasteiger partial charge is 0.416 e. The average molecular weight is 253 g/mol. The molecule has 16 heavy (non-hydrogen) atoms. The Kier molecular flexibility index (Phi) is 4.44. The Bertz CT molecular complexity index is 352. The van der Waals surface area contributed by atoms with Crippen molar-refractivity contribution in [2.24, 2.45) is 5.73 Å². The molecule has 0 aliphatic carbocycles. The molecule has 0 aliphatic heterocycles.